The first-order valence-corrected chi connectivity index (χ1v) is 8.30. The van der Waals surface area contributed by atoms with Gasteiger partial charge in [0.05, 0.1) is 24.8 Å². The van der Waals surface area contributed by atoms with Crippen molar-refractivity contribution in [3.8, 4) is 0 Å². The van der Waals surface area contributed by atoms with Crippen LogP contribution >= 0.6 is 0 Å². The Morgan fingerprint density at radius 3 is 2.91 bits per heavy atom. The maximum atomic E-state index is 12.0. The Bertz CT molecular complexity index is 540. The van der Waals surface area contributed by atoms with Gasteiger partial charge in [-0.05, 0) is 12.8 Å². The summed E-state index contributed by atoms with van der Waals surface area (Å²) in [6.45, 7) is 4.89. The highest BCUT2D eigenvalue weighted by Gasteiger charge is 2.42. The molecule has 6 heteroatoms. The summed E-state index contributed by atoms with van der Waals surface area (Å²) in [5, 5.41) is 4.22. The van der Waals surface area contributed by atoms with Gasteiger partial charge < -0.3 is 9.64 Å². The van der Waals surface area contributed by atoms with E-state index < -0.39 is 0 Å². The molecule has 0 aliphatic carbocycles. The number of fused-ring (bicyclic) bond motifs is 1. The Kier molecular flexibility index (Phi) is 3.66. The maximum absolute atomic E-state index is 12.0. The minimum atomic E-state index is 0.142. The molecule has 0 N–H and O–H groups in total. The van der Waals surface area contributed by atoms with Gasteiger partial charge in [-0.15, -0.1) is 0 Å². The molecule has 0 aromatic carbocycles. The zero-order valence-corrected chi connectivity index (χ0v) is 13.1. The molecule has 1 aromatic rings. The number of rotatable bonds is 4. The van der Waals surface area contributed by atoms with Crippen LogP contribution in [0.2, 0.25) is 0 Å². The summed E-state index contributed by atoms with van der Waals surface area (Å²) in [6.07, 6.45) is 7.23. The van der Waals surface area contributed by atoms with Crippen molar-refractivity contribution in [3.63, 3.8) is 0 Å². The Labute approximate surface area is 131 Å². The Morgan fingerprint density at radius 2 is 2.27 bits per heavy atom. The Hall–Kier alpha value is -1.40. The number of carbonyl (C=O) groups excluding carboxylic acids is 1. The second-order valence-electron chi connectivity index (χ2n) is 6.95. The van der Waals surface area contributed by atoms with Gasteiger partial charge in [-0.3, -0.25) is 14.4 Å². The first-order chi connectivity index (χ1) is 10.7. The summed E-state index contributed by atoms with van der Waals surface area (Å²) in [5.74, 6) is 0.870. The molecule has 22 heavy (non-hydrogen) atoms. The molecule has 0 radical (unpaired) electrons. The number of carbonyl (C=O) groups is 1. The lowest BCUT2D eigenvalue weighted by Gasteiger charge is -2.31. The number of hydrogen-bond acceptors (Lipinski definition) is 4. The van der Waals surface area contributed by atoms with Gasteiger partial charge >= 0.3 is 0 Å². The van der Waals surface area contributed by atoms with E-state index in [0.717, 1.165) is 45.6 Å². The van der Waals surface area contributed by atoms with Crippen LogP contribution in [0.4, 0.5) is 0 Å². The molecule has 3 fully saturated rings. The quantitative estimate of drug-likeness (QED) is 0.819. The molecule has 120 valence electrons. The summed E-state index contributed by atoms with van der Waals surface area (Å²) in [4.78, 5) is 16.4. The predicted octanol–water partition coefficient (Wildman–Crippen LogP) is 0.632. The fourth-order valence-electron chi connectivity index (χ4n) is 3.91. The van der Waals surface area contributed by atoms with E-state index in [1.165, 1.54) is 5.56 Å². The third kappa shape index (κ3) is 2.77. The van der Waals surface area contributed by atoms with Crippen molar-refractivity contribution in [3.05, 3.63) is 18.0 Å². The molecule has 3 aliphatic heterocycles. The summed E-state index contributed by atoms with van der Waals surface area (Å²) < 4.78 is 7.99. The highest BCUT2D eigenvalue weighted by Crippen LogP contribution is 2.35. The average Bonchev–Trinajstić information content (AvgIpc) is 3.02. The summed E-state index contributed by atoms with van der Waals surface area (Å²) in [5.41, 5.74) is 1.26. The SMILES string of the molecule is Cn1cc(CN2C[C@@H]3C[C@H](CC(=O)N4CCC4)O[C@@H]3C2)cn1. The molecule has 3 saturated heterocycles. The standard InChI is InChI=1S/C16H24N4O2/c1-18-8-12(7-17-18)9-19-10-13-5-14(22-15(13)11-19)6-16(21)20-3-2-4-20/h7-8,13-15H,2-6,9-11H2,1H3/t13-,14+,15+/m0/s1. The number of nitrogens with zero attached hydrogens (tertiary/aromatic N) is 4. The topological polar surface area (TPSA) is 50.6 Å². The van der Waals surface area contributed by atoms with E-state index in [-0.39, 0.29) is 12.0 Å². The first-order valence-electron chi connectivity index (χ1n) is 8.30. The third-order valence-electron chi connectivity index (χ3n) is 5.17. The summed E-state index contributed by atoms with van der Waals surface area (Å²) in [6, 6.07) is 0. The fourth-order valence-corrected chi connectivity index (χ4v) is 3.91. The molecule has 1 aromatic heterocycles. The minimum Gasteiger partial charge on any atom is -0.373 e. The number of aromatic nitrogens is 2. The molecule has 0 bridgehead atoms. The van der Waals surface area contributed by atoms with E-state index in [2.05, 4.69) is 16.2 Å². The number of likely N-dealkylation sites (tertiary alicyclic amines) is 2. The van der Waals surface area contributed by atoms with Crippen LogP contribution in [0.15, 0.2) is 12.4 Å². The molecule has 0 spiro atoms. The highest BCUT2D eigenvalue weighted by molar-refractivity contribution is 5.77. The van der Waals surface area contributed by atoms with E-state index in [4.69, 9.17) is 4.74 Å². The number of amides is 1. The van der Waals surface area contributed by atoms with Crippen LogP contribution in [0.1, 0.15) is 24.8 Å². The van der Waals surface area contributed by atoms with Crippen LogP contribution < -0.4 is 0 Å². The van der Waals surface area contributed by atoms with E-state index in [1.807, 2.05) is 22.8 Å². The van der Waals surface area contributed by atoms with E-state index in [1.54, 1.807) is 0 Å². The van der Waals surface area contributed by atoms with Gasteiger partial charge in [0.25, 0.3) is 0 Å². The number of aryl methyl sites for hydroxylation is 1. The zero-order chi connectivity index (χ0) is 15.1. The molecule has 4 rings (SSSR count). The molecule has 3 aliphatic rings. The van der Waals surface area contributed by atoms with Crippen molar-refractivity contribution in [2.24, 2.45) is 13.0 Å². The van der Waals surface area contributed by atoms with Gasteiger partial charge in [-0.1, -0.05) is 0 Å². The van der Waals surface area contributed by atoms with Crippen molar-refractivity contribution in [1.29, 1.82) is 0 Å². The third-order valence-corrected chi connectivity index (χ3v) is 5.17. The van der Waals surface area contributed by atoms with E-state index >= 15 is 0 Å². The van der Waals surface area contributed by atoms with Crippen LogP contribution in [0, 0.1) is 5.92 Å². The molecular formula is C16H24N4O2. The molecule has 1 amide bonds. The van der Waals surface area contributed by atoms with Crippen LogP contribution in [-0.2, 0) is 23.1 Å². The molecule has 6 nitrogen and oxygen atoms in total. The largest absolute Gasteiger partial charge is 0.373 e. The van der Waals surface area contributed by atoms with Crippen molar-refractivity contribution < 1.29 is 9.53 Å². The molecular weight excluding hydrogens is 280 g/mol. The second kappa shape index (κ2) is 5.66. The molecule has 0 unspecified atom stereocenters. The van der Waals surface area contributed by atoms with Gasteiger partial charge in [-0.2, -0.15) is 5.10 Å². The van der Waals surface area contributed by atoms with Crippen molar-refractivity contribution in [1.82, 2.24) is 19.6 Å². The van der Waals surface area contributed by atoms with Gasteiger partial charge in [0.2, 0.25) is 5.91 Å². The summed E-state index contributed by atoms with van der Waals surface area (Å²) in [7, 11) is 1.95. The number of hydrogen-bond donors (Lipinski definition) is 0. The minimum absolute atomic E-state index is 0.142. The lowest BCUT2D eigenvalue weighted by atomic mass is 10.0. The second-order valence-corrected chi connectivity index (χ2v) is 6.95. The lowest BCUT2D eigenvalue weighted by Crippen LogP contribution is -2.43. The predicted molar refractivity (Wildman–Crippen MR) is 81.1 cm³/mol. The van der Waals surface area contributed by atoms with Gasteiger partial charge in [0.15, 0.2) is 0 Å². The Balaban J connectivity index is 1.26. The van der Waals surface area contributed by atoms with Gasteiger partial charge in [0.1, 0.15) is 0 Å². The van der Waals surface area contributed by atoms with Gasteiger partial charge in [-0.25, -0.2) is 0 Å². The van der Waals surface area contributed by atoms with Crippen molar-refractivity contribution in [2.45, 2.75) is 38.0 Å². The first kappa shape index (κ1) is 14.2. The van der Waals surface area contributed by atoms with Crippen LogP contribution in [0.5, 0.6) is 0 Å². The lowest BCUT2D eigenvalue weighted by molar-refractivity contribution is -0.137. The van der Waals surface area contributed by atoms with Crippen LogP contribution in [0.3, 0.4) is 0 Å². The smallest absolute Gasteiger partial charge is 0.225 e. The number of ether oxygens (including phenoxy) is 1. The van der Waals surface area contributed by atoms with Crippen LogP contribution in [-0.4, -0.2) is 63.9 Å². The maximum Gasteiger partial charge on any atom is 0.225 e. The average molecular weight is 304 g/mol. The van der Waals surface area contributed by atoms with E-state index in [0.29, 0.717) is 18.4 Å². The van der Waals surface area contributed by atoms with Crippen molar-refractivity contribution in [2.75, 3.05) is 26.2 Å². The van der Waals surface area contributed by atoms with Crippen molar-refractivity contribution >= 4 is 5.91 Å². The monoisotopic (exact) mass is 304 g/mol. The highest BCUT2D eigenvalue weighted by atomic mass is 16.5. The fraction of sp³-hybridized carbons (Fsp3) is 0.750. The van der Waals surface area contributed by atoms with Gasteiger partial charge in [0, 0.05) is 57.4 Å². The zero-order valence-electron chi connectivity index (χ0n) is 13.1. The Morgan fingerprint density at radius 1 is 1.41 bits per heavy atom. The summed E-state index contributed by atoms with van der Waals surface area (Å²) >= 11 is 0. The normalized spacial score (nSPS) is 31.3. The molecule has 4 heterocycles. The van der Waals surface area contributed by atoms with E-state index in [9.17, 15) is 4.79 Å². The molecule has 3 atom stereocenters. The van der Waals surface area contributed by atoms with Crippen LogP contribution in [0.25, 0.3) is 0 Å². The molecule has 0 saturated carbocycles.